The van der Waals surface area contributed by atoms with Gasteiger partial charge in [0, 0.05) is 17.4 Å². The van der Waals surface area contributed by atoms with Gasteiger partial charge in [0.15, 0.2) is 0 Å². The fraction of sp³-hybridized carbons (Fsp3) is 0.167. The van der Waals surface area contributed by atoms with Crippen molar-refractivity contribution in [3.8, 4) is 5.75 Å². The number of thiophene rings is 1. The van der Waals surface area contributed by atoms with E-state index in [0.717, 1.165) is 22.6 Å². The molecule has 0 bridgehead atoms. The van der Waals surface area contributed by atoms with Gasteiger partial charge in [0.2, 0.25) is 0 Å². The molecule has 0 atom stereocenters. The maximum Gasteiger partial charge on any atom is 0.265 e. The highest BCUT2D eigenvalue weighted by atomic mass is 35.5. The number of nitrogens with zero attached hydrogens (tertiary/aromatic N) is 2. The van der Waals surface area contributed by atoms with Crippen LogP contribution < -0.4 is 10.1 Å². The lowest BCUT2D eigenvalue weighted by molar-refractivity contribution is 0.103. The molecule has 5 nitrogen and oxygen atoms in total. The summed E-state index contributed by atoms with van der Waals surface area (Å²) in [6.07, 6.45) is 3.38. The molecule has 2 aromatic carbocycles. The molecule has 158 valence electrons. The second-order valence-corrected chi connectivity index (χ2v) is 8.79. The van der Waals surface area contributed by atoms with Crippen LogP contribution in [0.2, 0.25) is 5.02 Å². The van der Waals surface area contributed by atoms with Crippen molar-refractivity contribution in [3.05, 3.63) is 98.5 Å². The first kappa shape index (κ1) is 21.2. The number of halogens is 1. The van der Waals surface area contributed by atoms with E-state index in [9.17, 15) is 4.79 Å². The van der Waals surface area contributed by atoms with Gasteiger partial charge in [-0.05, 0) is 66.2 Å². The molecule has 0 saturated carbocycles. The zero-order valence-electron chi connectivity index (χ0n) is 17.3. The van der Waals surface area contributed by atoms with Gasteiger partial charge in [0.25, 0.3) is 5.91 Å². The second-order valence-electron chi connectivity index (χ2n) is 7.44. The van der Waals surface area contributed by atoms with Crippen molar-refractivity contribution in [2.45, 2.75) is 27.0 Å². The molecular formula is C24H22ClN3O2S. The number of amides is 1. The molecule has 0 radical (unpaired) electrons. The summed E-state index contributed by atoms with van der Waals surface area (Å²) < 4.78 is 7.66. The maximum atomic E-state index is 12.6. The predicted octanol–water partition coefficient (Wildman–Crippen LogP) is 6.09. The number of carbonyl (C=O) groups is 1. The maximum absolute atomic E-state index is 12.6. The molecule has 2 aromatic heterocycles. The summed E-state index contributed by atoms with van der Waals surface area (Å²) in [4.78, 5) is 13.2. The molecular weight excluding hydrogens is 430 g/mol. The van der Waals surface area contributed by atoms with Crippen molar-refractivity contribution in [2.75, 3.05) is 5.32 Å². The van der Waals surface area contributed by atoms with Crippen LogP contribution in [0.1, 0.15) is 31.9 Å². The number of benzene rings is 2. The van der Waals surface area contributed by atoms with Crippen LogP contribution in [0.15, 0.2) is 66.3 Å². The van der Waals surface area contributed by atoms with E-state index in [4.69, 9.17) is 16.3 Å². The lowest BCUT2D eigenvalue weighted by Gasteiger charge is -2.07. The molecule has 0 aliphatic heterocycles. The summed E-state index contributed by atoms with van der Waals surface area (Å²) in [6.45, 7) is 5.15. The van der Waals surface area contributed by atoms with E-state index in [1.165, 1.54) is 22.5 Å². The summed E-state index contributed by atoms with van der Waals surface area (Å²) in [7, 11) is 0. The minimum atomic E-state index is -0.130. The molecule has 0 aliphatic carbocycles. The number of anilines is 1. The lowest BCUT2D eigenvalue weighted by Crippen LogP contribution is -2.10. The normalized spacial score (nSPS) is 10.8. The zero-order chi connectivity index (χ0) is 21.8. The third-order valence-corrected chi connectivity index (χ3v) is 5.81. The number of aryl methyl sites for hydroxylation is 2. The summed E-state index contributed by atoms with van der Waals surface area (Å²) in [5.74, 6) is 0.710. The van der Waals surface area contributed by atoms with Gasteiger partial charge in [-0.15, -0.1) is 11.3 Å². The van der Waals surface area contributed by atoms with Crippen molar-refractivity contribution in [1.82, 2.24) is 9.78 Å². The minimum Gasteiger partial charge on any atom is -0.489 e. The number of hydrogen-bond donors (Lipinski definition) is 1. The third-order valence-electron chi connectivity index (χ3n) is 4.64. The average molecular weight is 452 g/mol. The Labute approximate surface area is 190 Å². The highest BCUT2D eigenvalue weighted by Gasteiger charge is 2.10. The van der Waals surface area contributed by atoms with Gasteiger partial charge in [-0.2, -0.15) is 5.10 Å². The summed E-state index contributed by atoms with van der Waals surface area (Å²) in [5, 5.41) is 9.68. The fourth-order valence-electron chi connectivity index (χ4n) is 3.25. The molecule has 0 saturated heterocycles. The molecule has 0 aliphatic rings. The summed E-state index contributed by atoms with van der Waals surface area (Å²) >= 11 is 7.30. The second kappa shape index (κ2) is 9.37. The molecule has 0 unspecified atom stereocenters. The molecule has 0 fully saturated rings. The SMILES string of the molecule is Cc1cc(C)cc(OCc2csc(C(=O)Nc3ccc(Cn4cc(Cl)cn4)cc3)c2)c1. The van der Waals surface area contributed by atoms with E-state index in [1.807, 2.05) is 61.7 Å². The van der Waals surface area contributed by atoms with Crippen LogP contribution in [-0.2, 0) is 13.2 Å². The Balaban J connectivity index is 1.33. The number of carbonyl (C=O) groups excluding carboxylic acids is 1. The Bertz CT molecular complexity index is 1180. The van der Waals surface area contributed by atoms with E-state index in [-0.39, 0.29) is 5.91 Å². The van der Waals surface area contributed by atoms with E-state index in [1.54, 1.807) is 17.1 Å². The van der Waals surface area contributed by atoms with Crippen LogP contribution in [0.5, 0.6) is 5.75 Å². The average Bonchev–Trinajstić information content (AvgIpc) is 3.36. The van der Waals surface area contributed by atoms with Crippen molar-refractivity contribution in [1.29, 1.82) is 0 Å². The highest BCUT2D eigenvalue weighted by Crippen LogP contribution is 2.21. The van der Waals surface area contributed by atoms with Gasteiger partial charge in [-0.1, -0.05) is 29.8 Å². The molecule has 1 N–H and O–H groups in total. The molecule has 2 heterocycles. The zero-order valence-corrected chi connectivity index (χ0v) is 18.8. The van der Waals surface area contributed by atoms with Crippen LogP contribution in [0.25, 0.3) is 0 Å². The van der Waals surface area contributed by atoms with Crippen LogP contribution in [0.3, 0.4) is 0 Å². The Hall–Kier alpha value is -3.09. The Morgan fingerprint density at radius 1 is 1.10 bits per heavy atom. The first-order chi connectivity index (χ1) is 14.9. The largest absolute Gasteiger partial charge is 0.489 e. The lowest BCUT2D eigenvalue weighted by atomic mass is 10.1. The van der Waals surface area contributed by atoms with Gasteiger partial charge in [0.05, 0.1) is 22.6 Å². The number of nitrogens with one attached hydrogen (secondary N) is 1. The summed E-state index contributed by atoms with van der Waals surface area (Å²) in [6, 6.07) is 15.7. The van der Waals surface area contributed by atoms with Gasteiger partial charge < -0.3 is 10.1 Å². The molecule has 0 spiro atoms. The molecule has 4 aromatic rings. The Morgan fingerprint density at radius 3 is 2.52 bits per heavy atom. The van der Waals surface area contributed by atoms with Crippen molar-refractivity contribution < 1.29 is 9.53 Å². The monoisotopic (exact) mass is 451 g/mol. The van der Waals surface area contributed by atoms with Crippen molar-refractivity contribution in [3.63, 3.8) is 0 Å². The number of hydrogen-bond acceptors (Lipinski definition) is 4. The van der Waals surface area contributed by atoms with Gasteiger partial charge in [-0.3, -0.25) is 9.48 Å². The van der Waals surface area contributed by atoms with Crippen molar-refractivity contribution >= 4 is 34.5 Å². The van der Waals surface area contributed by atoms with Gasteiger partial charge in [-0.25, -0.2) is 0 Å². The topological polar surface area (TPSA) is 56.1 Å². The van der Waals surface area contributed by atoms with E-state index >= 15 is 0 Å². The van der Waals surface area contributed by atoms with Crippen molar-refractivity contribution in [2.24, 2.45) is 0 Å². The number of ether oxygens (including phenoxy) is 1. The third kappa shape index (κ3) is 5.75. The van der Waals surface area contributed by atoms with Crippen LogP contribution in [0.4, 0.5) is 5.69 Å². The first-order valence-electron chi connectivity index (χ1n) is 9.81. The van der Waals surface area contributed by atoms with E-state index in [2.05, 4.69) is 16.5 Å². The van der Waals surface area contributed by atoms with Crippen LogP contribution in [-0.4, -0.2) is 15.7 Å². The Kier molecular flexibility index (Phi) is 6.39. The fourth-order valence-corrected chi connectivity index (χ4v) is 4.20. The summed E-state index contributed by atoms with van der Waals surface area (Å²) in [5.41, 5.74) is 5.12. The standard InChI is InChI=1S/C24H22ClN3O2S/c1-16-7-17(2)9-22(8-16)30-14-19-10-23(31-15-19)24(29)27-21-5-3-18(4-6-21)12-28-13-20(25)11-26-28/h3-11,13,15H,12,14H2,1-2H3,(H,27,29). The van der Waals surface area contributed by atoms with Crippen LogP contribution in [0, 0.1) is 13.8 Å². The Morgan fingerprint density at radius 2 is 1.84 bits per heavy atom. The molecule has 7 heteroatoms. The molecule has 1 amide bonds. The predicted molar refractivity (Wildman–Crippen MR) is 125 cm³/mol. The quantitative estimate of drug-likeness (QED) is 0.369. The smallest absolute Gasteiger partial charge is 0.265 e. The van der Waals surface area contributed by atoms with E-state index < -0.39 is 0 Å². The number of rotatable bonds is 7. The molecule has 31 heavy (non-hydrogen) atoms. The van der Waals surface area contributed by atoms with Gasteiger partial charge in [0.1, 0.15) is 12.4 Å². The molecule has 4 rings (SSSR count). The minimum absolute atomic E-state index is 0.130. The van der Waals surface area contributed by atoms with Crippen LogP contribution >= 0.6 is 22.9 Å². The van der Waals surface area contributed by atoms with E-state index in [0.29, 0.717) is 23.1 Å². The number of aromatic nitrogens is 2. The highest BCUT2D eigenvalue weighted by molar-refractivity contribution is 7.12. The first-order valence-corrected chi connectivity index (χ1v) is 11.1. The van der Waals surface area contributed by atoms with Gasteiger partial charge >= 0.3 is 0 Å².